The summed E-state index contributed by atoms with van der Waals surface area (Å²) in [5, 5.41) is 7.88. The molecular formula is C26H22ClN5O2. The maximum atomic E-state index is 13.5. The van der Waals surface area contributed by atoms with Crippen molar-refractivity contribution in [2.45, 2.75) is 26.8 Å². The van der Waals surface area contributed by atoms with E-state index in [1.807, 2.05) is 74.5 Å². The molecule has 170 valence electrons. The highest BCUT2D eigenvalue weighted by atomic mass is 35.5. The molecule has 1 N–H and O–H groups in total. The van der Waals surface area contributed by atoms with Gasteiger partial charge in [0.05, 0.1) is 17.6 Å². The number of fused-ring (bicyclic) bond motifs is 3. The maximum absolute atomic E-state index is 13.5. The number of para-hydroxylation sites is 1. The van der Waals surface area contributed by atoms with Gasteiger partial charge in [0.25, 0.3) is 11.5 Å². The second-order valence-corrected chi connectivity index (χ2v) is 8.59. The minimum absolute atomic E-state index is 0.0645. The van der Waals surface area contributed by atoms with Crippen LogP contribution in [-0.2, 0) is 13.0 Å². The van der Waals surface area contributed by atoms with Gasteiger partial charge in [-0.05, 0) is 60.4 Å². The number of benzene rings is 3. The number of hydrogen-bond donors (Lipinski definition) is 1. The van der Waals surface area contributed by atoms with Crippen molar-refractivity contribution in [3.63, 3.8) is 0 Å². The molecule has 1 amide bonds. The van der Waals surface area contributed by atoms with Crippen LogP contribution in [-0.4, -0.2) is 25.1 Å². The molecule has 0 saturated carbocycles. The Morgan fingerprint density at radius 3 is 2.65 bits per heavy atom. The highest BCUT2D eigenvalue weighted by Crippen LogP contribution is 2.20. The molecule has 0 fully saturated rings. The van der Waals surface area contributed by atoms with Gasteiger partial charge in [0.15, 0.2) is 0 Å². The van der Waals surface area contributed by atoms with Gasteiger partial charge in [-0.2, -0.15) is 4.98 Å². The Morgan fingerprint density at radius 1 is 1.03 bits per heavy atom. The molecule has 0 aliphatic carbocycles. The lowest BCUT2D eigenvalue weighted by Gasteiger charge is -2.12. The molecule has 0 unspecified atom stereocenters. The summed E-state index contributed by atoms with van der Waals surface area (Å²) in [4.78, 5) is 30.8. The number of aryl methyl sites for hydroxylation is 2. The summed E-state index contributed by atoms with van der Waals surface area (Å²) >= 11 is 6.16. The van der Waals surface area contributed by atoms with Crippen molar-refractivity contribution in [2.24, 2.45) is 0 Å². The molecule has 0 aliphatic rings. The van der Waals surface area contributed by atoms with Crippen LogP contribution in [0.5, 0.6) is 0 Å². The summed E-state index contributed by atoms with van der Waals surface area (Å²) in [6.07, 6.45) is 0.771. The average molecular weight is 472 g/mol. The lowest BCUT2D eigenvalue weighted by molar-refractivity contribution is 0.101. The molecule has 2 aromatic heterocycles. The van der Waals surface area contributed by atoms with Gasteiger partial charge < -0.3 is 5.32 Å². The molecule has 3 aromatic carbocycles. The molecule has 7 nitrogen and oxygen atoms in total. The monoisotopic (exact) mass is 471 g/mol. The van der Waals surface area contributed by atoms with E-state index in [0.29, 0.717) is 28.3 Å². The fourth-order valence-corrected chi connectivity index (χ4v) is 4.29. The first kappa shape index (κ1) is 21.9. The number of amides is 1. The summed E-state index contributed by atoms with van der Waals surface area (Å²) in [5.74, 6) is -0.531. The molecule has 0 bridgehead atoms. The summed E-state index contributed by atoms with van der Waals surface area (Å²) in [7, 11) is 0. The van der Waals surface area contributed by atoms with Crippen LogP contribution in [0, 0.1) is 6.92 Å². The van der Waals surface area contributed by atoms with Crippen molar-refractivity contribution in [1.82, 2.24) is 19.2 Å². The standard InChI is InChI=1S/C26H22ClN5O2/c1-3-18-8-4-5-10-20(18)28-25(33)23-29-24-26(34)31(15-17-7-6-9-19(27)14-17)22-13-16(2)11-12-21(22)32(24)30-23/h4-14H,3,15H2,1-2H3,(H,28,33). The molecule has 0 atom stereocenters. The van der Waals surface area contributed by atoms with Gasteiger partial charge in [0, 0.05) is 10.7 Å². The van der Waals surface area contributed by atoms with Crippen molar-refractivity contribution in [1.29, 1.82) is 0 Å². The van der Waals surface area contributed by atoms with E-state index in [0.717, 1.165) is 23.1 Å². The molecule has 0 saturated heterocycles. The van der Waals surface area contributed by atoms with Crippen LogP contribution in [0.25, 0.3) is 16.7 Å². The normalized spacial score (nSPS) is 11.3. The van der Waals surface area contributed by atoms with Gasteiger partial charge in [-0.25, -0.2) is 4.52 Å². The number of carbonyl (C=O) groups excluding carboxylic acids is 1. The predicted octanol–water partition coefficient (Wildman–Crippen LogP) is 4.87. The van der Waals surface area contributed by atoms with E-state index >= 15 is 0 Å². The Labute approximate surface area is 200 Å². The van der Waals surface area contributed by atoms with E-state index in [2.05, 4.69) is 15.4 Å². The van der Waals surface area contributed by atoms with E-state index < -0.39 is 5.91 Å². The number of aromatic nitrogens is 4. The van der Waals surface area contributed by atoms with Crippen LogP contribution >= 0.6 is 11.6 Å². The van der Waals surface area contributed by atoms with Gasteiger partial charge in [0.1, 0.15) is 0 Å². The third-order valence-corrected chi connectivity index (χ3v) is 6.01. The molecule has 0 spiro atoms. The first-order valence-electron chi connectivity index (χ1n) is 11.0. The van der Waals surface area contributed by atoms with Crippen LogP contribution in [0.1, 0.15) is 34.2 Å². The Hall–Kier alpha value is -3.97. The SMILES string of the molecule is CCc1ccccc1NC(=O)c1nc2c(=O)n(Cc3cccc(Cl)c3)c3cc(C)ccc3n2n1. The zero-order chi connectivity index (χ0) is 23.8. The summed E-state index contributed by atoms with van der Waals surface area (Å²) in [6, 6.07) is 20.7. The molecule has 0 radical (unpaired) electrons. The molecule has 2 heterocycles. The number of anilines is 1. The molecule has 5 rings (SSSR count). The minimum atomic E-state index is -0.467. The fraction of sp³-hybridized carbons (Fsp3) is 0.154. The number of halogens is 1. The van der Waals surface area contributed by atoms with Gasteiger partial charge in [0.2, 0.25) is 11.5 Å². The number of nitrogens with one attached hydrogen (secondary N) is 1. The Kier molecular flexibility index (Phi) is 5.63. The second kappa shape index (κ2) is 8.76. The van der Waals surface area contributed by atoms with Gasteiger partial charge >= 0.3 is 0 Å². The average Bonchev–Trinajstić information content (AvgIpc) is 3.28. The van der Waals surface area contributed by atoms with Gasteiger partial charge in [-0.3, -0.25) is 14.2 Å². The smallest absolute Gasteiger partial charge is 0.296 e. The van der Waals surface area contributed by atoms with Crippen LogP contribution in [0.4, 0.5) is 5.69 Å². The van der Waals surface area contributed by atoms with E-state index in [1.165, 1.54) is 4.52 Å². The molecule has 0 aliphatic heterocycles. The van der Waals surface area contributed by atoms with Crippen molar-refractivity contribution in [3.05, 3.63) is 105 Å². The quantitative estimate of drug-likeness (QED) is 0.396. The zero-order valence-corrected chi connectivity index (χ0v) is 19.5. The van der Waals surface area contributed by atoms with Gasteiger partial charge in [-0.1, -0.05) is 54.9 Å². The van der Waals surface area contributed by atoms with Crippen molar-refractivity contribution in [2.75, 3.05) is 5.32 Å². The fourth-order valence-electron chi connectivity index (χ4n) is 4.08. The number of nitrogens with zero attached hydrogens (tertiary/aromatic N) is 4. The first-order chi connectivity index (χ1) is 16.4. The van der Waals surface area contributed by atoms with Crippen molar-refractivity contribution >= 4 is 39.9 Å². The topological polar surface area (TPSA) is 81.3 Å². The van der Waals surface area contributed by atoms with Crippen LogP contribution in [0.15, 0.2) is 71.5 Å². The summed E-state index contributed by atoms with van der Waals surface area (Å²) < 4.78 is 3.10. The van der Waals surface area contributed by atoms with Crippen molar-refractivity contribution < 1.29 is 4.79 Å². The first-order valence-corrected chi connectivity index (χ1v) is 11.4. The number of rotatable bonds is 5. The largest absolute Gasteiger partial charge is 0.319 e. The number of carbonyl (C=O) groups is 1. The lowest BCUT2D eigenvalue weighted by atomic mass is 10.1. The molecule has 8 heteroatoms. The van der Waals surface area contributed by atoms with Gasteiger partial charge in [-0.15, -0.1) is 5.10 Å². The summed E-state index contributed by atoms with van der Waals surface area (Å²) in [6.45, 7) is 4.29. The Bertz CT molecular complexity index is 1620. The van der Waals surface area contributed by atoms with E-state index in [4.69, 9.17) is 11.6 Å². The molecule has 5 aromatic rings. The summed E-state index contributed by atoms with van der Waals surface area (Å²) in [5.41, 5.74) is 4.73. The predicted molar refractivity (Wildman–Crippen MR) is 134 cm³/mol. The Balaban J connectivity index is 1.64. The van der Waals surface area contributed by atoms with E-state index in [-0.39, 0.29) is 17.0 Å². The third-order valence-electron chi connectivity index (χ3n) is 5.77. The van der Waals surface area contributed by atoms with Crippen molar-refractivity contribution in [3.8, 4) is 0 Å². The molecule has 34 heavy (non-hydrogen) atoms. The third kappa shape index (κ3) is 3.95. The van der Waals surface area contributed by atoms with Crippen LogP contribution < -0.4 is 10.9 Å². The minimum Gasteiger partial charge on any atom is -0.319 e. The molecular weight excluding hydrogens is 450 g/mol. The zero-order valence-electron chi connectivity index (χ0n) is 18.7. The van der Waals surface area contributed by atoms with E-state index in [1.54, 1.807) is 10.6 Å². The maximum Gasteiger partial charge on any atom is 0.296 e. The second-order valence-electron chi connectivity index (χ2n) is 8.15. The lowest BCUT2D eigenvalue weighted by Crippen LogP contribution is -2.24. The van der Waals surface area contributed by atoms with Crippen LogP contribution in [0.3, 0.4) is 0 Å². The van der Waals surface area contributed by atoms with Crippen LogP contribution in [0.2, 0.25) is 5.02 Å². The highest BCUT2D eigenvalue weighted by molar-refractivity contribution is 6.30. The van der Waals surface area contributed by atoms with E-state index in [9.17, 15) is 9.59 Å². The Morgan fingerprint density at radius 2 is 1.85 bits per heavy atom. The number of hydrogen-bond acceptors (Lipinski definition) is 4. The highest BCUT2D eigenvalue weighted by Gasteiger charge is 2.20.